The maximum atomic E-state index is 13.4. The molecule has 0 bridgehead atoms. The van der Waals surface area contributed by atoms with Crippen molar-refractivity contribution < 1.29 is 44.3 Å². The van der Waals surface area contributed by atoms with Crippen molar-refractivity contribution in [1.82, 2.24) is 24.7 Å². The van der Waals surface area contributed by atoms with Crippen molar-refractivity contribution in [2.24, 2.45) is 0 Å². The van der Waals surface area contributed by atoms with Gasteiger partial charge in [0.15, 0.2) is 27.1 Å². The number of halogens is 6. The van der Waals surface area contributed by atoms with Crippen LogP contribution in [0.1, 0.15) is 27.3 Å². The lowest BCUT2D eigenvalue weighted by atomic mass is 10.1. The largest absolute Gasteiger partial charge is 0.497 e. The van der Waals surface area contributed by atoms with Gasteiger partial charge in [0.05, 0.1) is 12.7 Å². The number of aryl methyl sites for hydroxylation is 1. The topological polar surface area (TPSA) is 129 Å². The summed E-state index contributed by atoms with van der Waals surface area (Å²) in [5.41, 5.74) is -2.37. The number of methoxy groups -OCH3 is 1. The van der Waals surface area contributed by atoms with Gasteiger partial charge >= 0.3 is 12.4 Å². The van der Waals surface area contributed by atoms with E-state index in [0.717, 1.165) is 41.5 Å². The number of benzene rings is 1. The number of ether oxygens (including phenoxy) is 1. The number of Topliss-reactive ketones (excluding diaryl/α,β-unsaturated/α-hetero) is 1. The summed E-state index contributed by atoms with van der Waals surface area (Å²) < 4.78 is 109. The molecule has 0 aliphatic heterocycles. The standard InChI is InChI=1S/C25H20F6N6O4S/c1-13-4-21(25(29,30)31)36-37(13)22-19(14-5-15(10-32-9-14)20(38)12-42(3,39)40)11-33-23(35-22)34-17-6-16(24(26,27)28)7-18(8-17)41-2/h4-11H,12H2,1-3H3,(H,33,34,35). The Bertz CT molecular complexity index is 1770. The summed E-state index contributed by atoms with van der Waals surface area (Å²) in [5, 5.41) is 6.19. The van der Waals surface area contributed by atoms with Crippen LogP contribution in [-0.2, 0) is 22.2 Å². The minimum Gasteiger partial charge on any atom is -0.497 e. The molecule has 0 amide bonds. The molecule has 3 aromatic heterocycles. The minimum absolute atomic E-state index is 0.00812. The molecule has 10 nitrogen and oxygen atoms in total. The van der Waals surface area contributed by atoms with E-state index >= 15 is 0 Å². The first-order valence-corrected chi connectivity index (χ1v) is 13.7. The van der Waals surface area contributed by atoms with E-state index in [1.54, 1.807) is 0 Å². The van der Waals surface area contributed by atoms with Crippen LogP contribution in [0.15, 0.2) is 48.9 Å². The second kappa shape index (κ2) is 11.0. The Morgan fingerprint density at radius 2 is 1.71 bits per heavy atom. The van der Waals surface area contributed by atoms with Crippen molar-refractivity contribution in [3.05, 3.63) is 71.4 Å². The van der Waals surface area contributed by atoms with E-state index in [2.05, 4.69) is 25.4 Å². The SMILES string of the molecule is COc1cc(Nc2ncc(-c3cncc(C(=O)CS(C)(=O)=O)c3)c(-n3nc(C(F)(F)F)cc3C)n2)cc(C(F)(F)F)c1. The Labute approximate surface area is 234 Å². The highest BCUT2D eigenvalue weighted by Gasteiger charge is 2.35. The summed E-state index contributed by atoms with van der Waals surface area (Å²) >= 11 is 0. The normalized spacial score (nSPS) is 12.3. The fourth-order valence-corrected chi connectivity index (χ4v) is 4.41. The van der Waals surface area contributed by atoms with E-state index in [0.29, 0.717) is 0 Å². The highest BCUT2D eigenvalue weighted by Crippen LogP contribution is 2.36. The third-order valence-electron chi connectivity index (χ3n) is 5.64. The lowest BCUT2D eigenvalue weighted by Crippen LogP contribution is -2.15. The molecule has 0 saturated carbocycles. The lowest BCUT2D eigenvalue weighted by Gasteiger charge is -2.15. The zero-order valence-corrected chi connectivity index (χ0v) is 22.7. The summed E-state index contributed by atoms with van der Waals surface area (Å²) in [4.78, 5) is 24.7. The molecule has 0 saturated heterocycles. The molecule has 3 heterocycles. The highest BCUT2D eigenvalue weighted by atomic mass is 32.2. The number of carbonyl (C=O) groups excluding carboxylic acids is 1. The minimum atomic E-state index is -4.81. The summed E-state index contributed by atoms with van der Waals surface area (Å²) in [5.74, 6) is -2.27. The molecular formula is C25H20F6N6O4S. The molecule has 1 aromatic carbocycles. The predicted molar refractivity (Wildman–Crippen MR) is 137 cm³/mol. The van der Waals surface area contributed by atoms with Crippen LogP contribution in [0.3, 0.4) is 0 Å². The van der Waals surface area contributed by atoms with Gasteiger partial charge in [-0.1, -0.05) is 0 Å². The molecule has 17 heteroatoms. The molecule has 0 radical (unpaired) electrons. The third-order valence-corrected chi connectivity index (χ3v) is 6.42. The van der Waals surface area contributed by atoms with E-state index in [1.807, 2.05) is 0 Å². The maximum absolute atomic E-state index is 13.4. The van der Waals surface area contributed by atoms with Crippen LogP contribution in [0.4, 0.5) is 38.0 Å². The molecular weight excluding hydrogens is 594 g/mol. The number of alkyl halides is 6. The molecule has 222 valence electrons. The van der Waals surface area contributed by atoms with Crippen LogP contribution in [0.25, 0.3) is 16.9 Å². The van der Waals surface area contributed by atoms with Crippen LogP contribution in [0.2, 0.25) is 0 Å². The number of carbonyl (C=O) groups is 1. The van der Waals surface area contributed by atoms with E-state index in [-0.39, 0.29) is 45.6 Å². The Balaban J connectivity index is 1.86. The van der Waals surface area contributed by atoms with Gasteiger partial charge in [0.2, 0.25) is 5.95 Å². The molecule has 4 aromatic rings. The number of rotatable bonds is 8. The predicted octanol–water partition coefficient (Wildman–Crippen LogP) is 5.05. The van der Waals surface area contributed by atoms with E-state index < -0.39 is 45.0 Å². The van der Waals surface area contributed by atoms with Crippen molar-refractivity contribution in [2.45, 2.75) is 19.3 Å². The lowest BCUT2D eigenvalue weighted by molar-refractivity contribution is -0.141. The fourth-order valence-electron chi connectivity index (χ4n) is 3.77. The zero-order valence-electron chi connectivity index (χ0n) is 21.9. The van der Waals surface area contributed by atoms with Gasteiger partial charge in [-0.05, 0) is 31.2 Å². The van der Waals surface area contributed by atoms with Crippen LogP contribution in [0.5, 0.6) is 5.75 Å². The van der Waals surface area contributed by atoms with Gasteiger partial charge in [0, 0.05) is 59.0 Å². The molecule has 0 aliphatic rings. The van der Waals surface area contributed by atoms with E-state index in [9.17, 15) is 39.6 Å². The molecule has 4 rings (SSSR count). The third kappa shape index (κ3) is 7.02. The second-order valence-corrected chi connectivity index (χ2v) is 11.2. The van der Waals surface area contributed by atoms with Crippen molar-refractivity contribution in [3.63, 3.8) is 0 Å². The smallest absolute Gasteiger partial charge is 0.435 e. The number of ketones is 1. The first-order chi connectivity index (χ1) is 19.4. The molecule has 0 unspecified atom stereocenters. The fraction of sp³-hybridized carbons (Fsp3) is 0.240. The maximum Gasteiger partial charge on any atom is 0.435 e. The Hall–Kier alpha value is -4.54. The monoisotopic (exact) mass is 614 g/mol. The molecule has 0 fully saturated rings. The number of hydrogen-bond acceptors (Lipinski definition) is 9. The molecule has 0 aliphatic carbocycles. The van der Waals surface area contributed by atoms with Crippen molar-refractivity contribution in [3.8, 4) is 22.7 Å². The van der Waals surface area contributed by atoms with Gasteiger partial charge < -0.3 is 10.1 Å². The summed E-state index contributed by atoms with van der Waals surface area (Å²) in [6, 6.07) is 4.80. The van der Waals surface area contributed by atoms with E-state index in [4.69, 9.17) is 4.74 Å². The van der Waals surface area contributed by atoms with Crippen LogP contribution < -0.4 is 10.1 Å². The number of nitrogens with one attached hydrogen (secondary N) is 1. The number of aromatic nitrogens is 5. The molecule has 0 atom stereocenters. The zero-order chi connectivity index (χ0) is 31.0. The van der Waals surface area contributed by atoms with Crippen molar-refractivity contribution in [1.29, 1.82) is 0 Å². The summed E-state index contributed by atoms with van der Waals surface area (Å²) in [6.45, 7) is 1.32. The van der Waals surface area contributed by atoms with Crippen LogP contribution >= 0.6 is 0 Å². The average Bonchev–Trinajstić information content (AvgIpc) is 3.29. The number of anilines is 2. The summed E-state index contributed by atoms with van der Waals surface area (Å²) in [6.07, 6.45) is -5.14. The van der Waals surface area contributed by atoms with Gasteiger partial charge in [0.1, 0.15) is 11.5 Å². The van der Waals surface area contributed by atoms with Gasteiger partial charge in [-0.25, -0.2) is 18.1 Å². The number of hydrogen-bond donors (Lipinski definition) is 1. The van der Waals surface area contributed by atoms with Gasteiger partial charge in [-0.2, -0.15) is 36.4 Å². The van der Waals surface area contributed by atoms with Gasteiger partial charge in [0.25, 0.3) is 0 Å². The Morgan fingerprint density at radius 3 is 2.31 bits per heavy atom. The quantitative estimate of drug-likeness (QED) is 0.214. The number of nitrogens with zero attached hydrogens (tertiary/aromatic N) is 5. The molecule has 0 spiro atoms. The average molecular weight is 615 g/mol. The number of sulfone groups is 1. The molecule has 1 N–H and O–H groups in total. The number of pyridine rings is 1. The first-order valence-electron chi connectivity index (χ1n) is 11.7. The second-order valence-electron chi connectivity index (χ2n) is 9.04. The van der Waals surface area contributed by atoms with Crippen LogP contribution in [0, 0.1) is 6.92 Å². The van der Waals surface area contributed by atoms with Gasteiger partial charge in [-0.15, -0.1) is 0 Å². The highest BCUT2D eigenvalue weighted by molar-refractivity contribution is 7.91. The Kier molecular flexibility index (Phi) is 7.99. The first kappa shape index (κ1) is 30.4. The van der Waals surface area contributed by atoms with Crippen molar-refractivity contribution in [2.75, 3.05) is 24.4 Å². The summed E-state index contributed by atoms with van der Waals surface area (Å²) in [7, 11) is -2.51. The molecule has 42 heavy (non-hydrogen) atoms. The van der Waals surface area contributed by atoms with E-state index in [1.165, 1.54) is 32.4 Å². The Morgan fingerprint density at radius 1 is 1.00 bits per heavy atom. The van der Waals surface area contributed by atoms with Gasteiger partial charge in [-0.3, -0.25) is 9.78 Å². The van der Waals surface area contributed by atoms with Crippen molar-refractivity contribution >= 4 is 27.3 Å². The van der Waals surface area contributed by atoms with Crippen LogP contribution in [-0.4, -0.2) is 58.1 Å².